The number of hydrogen-bond acceptors (Lipinski definition) is 5. The van der Waals surface area contributed by atoms with E-state index >= 15 is 0 Å². The van der Waals surface area contributed by atoms with Crippen molar-refractivity contribution >= 4 is 23.4 Å². The van der Waals surface area contributed by atoms with Crippen molar-refractivity contribution in [3.63, 3.8) is 0 Å². The van der Waals surface area contributed by atoms with Gasteiger partial charge in [0, 0.05) is 39.0 Å². The van der Waals surface area contributed by atoms with Crippen LogP contribution in [0.5, 0.6) is 0 Å². The lowest BCUT2D eigenvalue weighted by molar-refractivity contribution is -0.150. The number of carbonyl (C=O) groups is 3. The molecule has 3 amide bonds. The van der Waals surface area contributed by atoms with Crippen molar-refractivity contribution in [1.29, 1.82) is 0 Å². The van der Waals surface area contributed by atoms with Gasteiger partial charge in [0.15, 0.2) is 0 Å². The van der Waals surface area contributed by atoms with Gasteiger partial charge in [-0.2, -0.15) is 0 Å². The molecule has 4 rings (SSSR count). The minimum absolute atomic E-state index is 0.111. The summed E-state index contributed by atoms with van der Waals surface area (Å²) in [6.07, 6.45) is 5.37. The summed E-state index contributed by atoms with van der Waals surface area (Å²) in [5.41, 5.74) is 0.784. The molecule has 0 radical (unpaired) electrons. The lowest BCUT2D eigenvalue weighted by Gasteiger charge is -2.37. The number of aliphatic hydroxyl groups excluding tert-OH is 1. The molecule has 1 aromatic rings. The monoisotopic (exact) mass is 523 g/mol. The summed E-state index contributed by atoms with van der Waals surface area (Å²) in [6, 6.07) is 4.98. The first-order valence-corrected chi connectivity index (χ1v) is 13.6. The van der Waals surface area contributed by atoms with Gasteiger partial charge in [-0.1, -0.05) is 37.3 Å². The zero-order valence-electron chi connectivity index (χ0n) is 23.1. The van der Waals surface area contributed by atoms with Crippen molar-refractivity contribution in [3.8, 4) is 0 Å². The highest BCUT2D eigenvalue weighted by Crippen LogP contribution is 2.64. The fourth-order valence-corrected chi connectivity index (χ4v) is 7.17. The van der Waals surface area contributed by atoms with E-state index in [0.717, 1.165) is 16.8 Å². The summed E-state index contributed by atoms with van der Waals surface area (Å²) in [6.45, 7) is 14.3. The van der Waals surface area contributed by atoms with Gasteiger partial charge in [-0.15, -0.1) is 13.2 Å². The van der Waals surface area contributed by atoms with Crippen LogP contribution < -0.4 is 4.90 Å². The van der Waals surface area contributed by atoms with Crippen LogP contribution in [-0.2, 0) is 19.1 Å². The molecule has 0 aliphatic carbocycles. The molecule has 1 N–H and O–H groups in total. The molecule has 0 saturated carbocycles. The van der Waals surface area contributed by atoms with Crippen LogP contribution >= 0.6 is 0 Å². The van der Waals surface area contributed by atoms with Crippen molar-refractivity contribution in [1.82, 2.24) is 9.80 Å². The van der Waals surface area contributed by atoms with E-state index in [9.17, 15) is 19.5 Å². The van der Waals surface area contributed by atoms with Crippen molar-refractivity contribution in [2.45, 2.75) is 63.7 Å². The second-order valence-electron chi connectivity index (χ2n) is 10.9. The SMILES string of the molecule is C=CCN(C)C(=O)[C@H]1[C@H]2C(=O)N(CCCO)C(C(=O)N(CC=C)c3c(C)cccc3C)C23CC[C@]1(CC)O3. The van der Waals surface area contributed by atoms with Gasteiger partial charge in [0.05, 0.1) is 17.4 Å². The molecule has 3 fully saturated rings. The molecule has 2 unspecified atom stereocenters. The standard InChI is InChI=1S/C30H41N3O5/c1-7-16-31(6)26(35)22-23-27(36)33(18-11-19-34)25(30(23)15-14-29(22,9-3)38-30)28(37)32(17-8-2)24-20(4)12-10-13-21(24)5/h7-8,10,12-13,22-23,25,34H,1-2,9,11,14-19H2,3-6H3/t22-,23+,25?,29+,30?/m1/s1. The average molecular weight is 524 g/mol. The number of aryl methyl sites for hydroxylation is 2. The Morgan fingerprint density at radius 2 is 1.82 bits per heavy atom. The smallest absolute Gasteiger partial charge is 0.253 e. The van der Waals surface area contributed by atoms with E-state index in [4.69, 9.17) is 4.74 Å². The van der Waals surface area contributed by atoms with E-state index in [-0.39, 0.29) is 37.4 Å². The molecule has 8 heteroatoms. The van der Waals surface area contributed by atoms with Gasteiger partial charge in [0.25, 0.3) is 5.91 Å². The van der Waals surface area contributed by atoms with Crippen molar-refractivity contribution < 1.29 is 24.2 Å². The highest BCUT2D eigenvalue weighted by Gasteiger charge is 2.79. The number of fused-ring (bicyclic) bond motifs is 1. The molecule has 3 heterocycles. The second-order valence-corrected chi connectivity index (χ2v) is 10.9. The maximum absolute atomic E-state index is 14.6. The molecule has 2 bridgehead atoms. The highest BCUT2D eigenvalue weighted by atomic mass is 16.5. The first kappa shape index (κ1) is 28.0. The van der Waals surface area contributed by atoms with E-state index in [0.29, 0.717) is 32.2 Å². The Morgan fingerprint density at radius 1 is 1.16 bits per heavy atom. The zero-order valence-corrected chi connectivity index (χ0v) is 23.1. The summed E-state index contributed by atoms with van der Waals surface area (Å²) >= 11 is 0. The third-order valence-electron chi connectivity index (χ3n) is 8.80. The molecule has 206 valence electrons. The number of nitrogens with zero attached hydrogens (tertiary/aromatic N) is 3. The van der Waals surface area contributed by atoms with E-state index < -0.39 is 29.1 Å². The first-order valence-electron chi connectivity index (χ1n) is 13.6. The first-order chi connectivity index (χ1) is 18.1. The zero-order chi connectivity index (χ0) is 27.8. The Labute approximate surface area is 225 Å². The maximum atomic E-state index is 14.6. The Kier molecular flexibility index (Phi) is 7.86. The molecule has 8 nitrogen and oxygen atoms in total. The van der Waals surface area contributed by atoms with Crippen molar-refractivity contribution in [2.75, 3.05) is 38.2 Å². The molecule has 3 aliphatic heterocycles. The van der Waals surface area contributed by atoms with Crippen LogP contribution in [0.2, 0.25) is 0 Å². The van der Waals surface area contributed by atoms with Crippen LogP contribution in [0.25, 0.3) is 0 Å². The summed E-state index contributed by atoms with van der Waals surface area (Å²) in [5, 5.41) is 9.62. The summed E-state index contributed by atoms with van der Waals surface area (Å²) in [4.78, 5) is 47.5. The number of anilines is 1. The number of rotatable bonds is 11. The second kappa shape index (κ2) is 10.7. The van der Waals surface area contributed by atoms with E-state index in [2.05, 4.69) is 13.2 Å². The Bertz CT molecular complexity index is 1110. The fraction of sp³-hybridized carbons (Fsp3) is 0.567. The number of hydrogen-bond donors (Lipinski definition) is 1. The molecule has 1 spiro atoms. The van der Waals surface area contributed by atoms with Crippen LogP contribution in [0.4, 0.5) is 5.69 Å². The maximum Gasteiger partial charge on any atom is 0.253 e. The third-order valence-corrected chi connectivity index (χ3v) is 8.80. The minimum atomic E-state index is -1.11. The topological polar surface area (TPSA) is 90.4 Å². The van der Waals surface area contributed by atoms with Gasteiger partial charge in [-0.3, -0.25) is 14.4 Å². The number of carbonyl (C=O) groups excluding carboxylic acids is 3. The van der Waals surface area contributed by atoms with Gasteiger partial charge in [0.1, 0.15) is 11.6 Å². The lowest BCUT2D eigenvalue weighted by Crippen LogP contribution is -2.57. The molecular weight excluding hydrogens is 482 g/mol. The molecule has 3 saturated heterocycles. The Balaban J connectivity index is 1.85. The number of para-hydroxylation sites is 1. The van der Waals surface area contributed by atoms with Gasteiger partial charge in [0.2, 0.25) is 11.8 Å². The Hall–Kier alpha value is -2.97. The van der Waals surface area contributed by atoms with E-state index in [1.165, 1.54) is 0 Å². The number of amides is 3. The fourth-order valence-electron chi connectivity index (χ4n) is 7.17. The Morgan fingerprint density at radius 3 is 2.39 bits per heavy atom. The van der Waals surface area contributed by atoms with Crippen LogP contribution in [-0.4, -0.2) is 83.2 Å². The number of ether oxygens (including phenoxy) is 1. The third kappa shape index (κ3) is 4.09. The molecule has 0 aromatic heterocycles. The number of aliphatic hydroxyl groups is 1. The van der Waals surface area contributed by atoms with Gasteiger partial charge >= 0.3 is 0 Å². The summed E-state index contributed by atoms with van der Waals surface area (Å²) in [7, 11) is 1.71. The minimum Gasteiger partial charge on any atom is -0.396 e. The van der Waals surface area contributed by atoms with Gasteiger partial charge in [-0.25, -0.2) is 0 Å². The van der Waals surface area contributed by atoms with Crippen LogP contribution in [0.1, 0.15) is 43.7 Å². The molecule has 5 atom stereocenters. The predicted molar refractivity (Wildman–Crippen MR) is 147 cm³/mol. The van der Waals surface area contributed by atoms with Crippen LogP contribution in [0, 0.1) is 25.7 Å². The molecular formula is C30H41N3O5. The normalized spacial score (nSPS) is 29.3. The number of benzene rings is 1. The average Bonchev–Trinajstić information content (AvgIpc) is 3.49. The quantitative estimate of drug-likeness (QED) is 0.451. The largest absolute Gasteiger partial charge is 0.396 e. The molecule has 38 heavy (non-hydrogen) atoms. The van der Waals surface area contributed by atoms with Crippen LogP contribution in [0.3, 0.4) is 0 Å². The molecule has 1 aromatic carbocycles. The van der Waals surface area contributed by atoms with Crippen LogP contribution in [0.15, 0.2) is 43.5 Å². The number of likely N-dealkylation sites (tertiary alicyclic amines) is 1. The van der Waals surface area contributed by atoms with E-state index in [1.807, 2.05) is 39.0 Å². The molecule has 3 aliphatic rings. The van der Waals surface area contributed by atoms with Crippen molar-refractivity contribution in [2.24, 2.45) is 11.8 Å². The lowest BCUT2D eigenvalue weighted by atomic mass is 9.64. The van der Waals surface area contributed by atoms with E-state index in [1.54, 1.807) is 33.9 Å². The highest BCUT2D eigenvalue weighted by molar-refractivity contribution is 6.05. The summed E-state index contributed by atoms with van der Waals surface area (Å²) < 4.78 is 6.85. The number of likely N-dealkylation sites (N-methyl/N-ethyl adjacent to an activating group) is 1. The summed E-state index contributed by atoms with van der Waals surface area (Å²) in [5.74, 6) is -2.07. The van der Waals surface area contributed by atoms with Gasteiger partial charge in [-0.05, 0) is 50.7 Å². The predicted octanol–water partition coefficient (Wildman–Crippen LogP) is 3.00. The van der Waals surface area contributed by atoms with Gasteiger partial charge < -0.3 is 24.5 Å². The van der Waals surface area contributed by atoms with Crippen molar-refractivity contribution in [3.05, 3.63) is 54.6 Å².